The normalized spacial score (nSPS) is 25.1. The van der Waals surface area contributed by atoms with Crippen LogP contribution in [0.5, 0.6) is 0 Å². The molecule has 6 heteroatoms. The van der Waals surface area contributed by atoms with Gasteiger partial charge in [-0.1, -0.05) is 37.1 Å². The quantitative estimate of drug-likeness (QED) is 0.726. The van der Waals surface area contributed by atoms with E-state index < -0.39 is 0 Å². The van der Waals surface area contributed by atoms with Crippen molar-refractivity contribution in [1.29, 1.82) is 0 Å². The SMILES string of the molecule is O=C(NC[C@@H]1N[C@H](CO)[C@@H]1c1ccc(-c2cncnc2)cc1)C1CCCC1. The van der Waals surface area contributed by atoms with Crippen LogP contribution in [0.25, 0.3) is 11.1 Å². The summed E-state index contributed by atoms with van der Waals surface area (Å²) in [7, 11) is 0. The molecule has 3 atom stereocenters. The zero-order valence-electron chi connectivity index (χ0n) is 15.3. The summed E-state index contributed by atoms with van der Waals surface area (Å²) in [6.07, 6.45) is 9.46. The smallest absolute Gasteiger partial charge is 0.223 e. The molecule has 0 spiro atoms. The van der Waals surface area contributed by atoms with E-state index in [1.807, 2.05) is 0 Å². The molecule has 142 valence electrons. The second-order valence-corrected chi connectivity index (χ2v) is 7.56. The molecule has 27 heavy (non-hydrogen) atoms. The van der Waals surface area contributed by atoms with Crippen molar-refractivity contribution in [2.24, 2.45) is 5.92 Å². The molecule has 2 aliphatic rings. The molecule has 1 aromatic carbocycles. The summed E-state index contributed by atoms with van der Waals surface area (Å²) in [6, 6.07) is 8.51. The summed E-state index contributed by atoms with van der Waals surface area (Å²) in [5.74, 6) is 0.560. The summed E-state index contributed by atoms with van der Waals surface area (Å²) in [5, 5.41) is 16.1. The van der Waals surface area contributed by atoms with Crippen LogP contribution in [-0.2, 0) is 4.79 Å². The minimum absolute atomic E-state index is 0.0318. The van der Waals surface area contributed by atoms with Gasteiger partial charge in [0.05, 0.1) is 6.61 Å². The molecule has 6 nitrogen and oxygen atoms in total. The summed E-state index contributed by atoms with van der Waals surface area (Å²) < 4.78 is 0. The molecule has 0 radical (unpaired) electrons. The second-order valence-electron chi connectivity index (χ2n) is 7.56. The average Bonchev–Trinajstić information content (AvgIpc) is 3.23. The van der Waals surface area contributed by atoms with E-state index in [9.17, 15) is 9.90 Å². The van der Waals surface area contributed by atoms with Gasteiger partial charge in [0.1, 0.15) is 6.33 Å². The first-order valence-corrected chi connectivity index (χ1v) is 9.76. The van der Waals surface area contributed by atoms with Crippen molar-refractivity contribution in [2.75, 3.05) is 13.2 Å². The molecular formula is C21H26N4O2. The van der Waals surface area contributed by atoms with E-state index >= 15 is 0 Å². The van der Waals surface area contributed by atoms with Crippen LogP contribution in [0.3, 0.4) is 0 Å². The second kappa shape index (κ2) is 8.15. The van der Waals surface area contributed by atoms with E-state index in [2.05, 4.69) is 44.9 Å². The van der Waals surface area contributed by atoms with Crippen LogP contribution in [0.2, 0.25) is 0 Å². The molecule has 2 heterocycles. The lowest BCUT2D eigenvalue weighted by atomic mass is 9.77. The number of hydrogen-bond donors (Lipinski definition) is 3. The molecule has 1 saturated heterocycles. The number of benzene rings is 1. The fraction of sp³-hybridized carbons (Fsp3) is 0.476. The lowest BCUT2D eigenvalue weighted by molar-refractivity contribution is -0.125. The molecule has 2 aromatic rings. The Bertz CT molecular complexity index is 760. The maximum atomic E-state index is 12.3. The van der Waals surface area contributed by atoms with Gasteiger partial charge in [-0.25, -0.2) is 9.97 Å². The molecule has 0 unspecified atom stereocenters. The Morgan fingerprint density at radius 1 is 1.07 bits per heavy atom. The van der Waals surface area contributed by atoms with E-state index in [1.54, 1.807) is 12.4 Å². The van der Waals surface area contributed by atoms with E-state index in [0.717, 1.165) is 36.8 Å². The Morgan fingerprint density at radius 2 is 1.78 bits per heavy atom. The number of amides is 1. The maximum absolute atomic E-state index is 12.3. The van der Waals surface area contributed by atoms with Crippen molar-refractivity contribution in [2.45, 2.75) is 43.7 Å². The standard InChI is InChI=1S/C21H26N4O2/c26-12-19-20(18(25-19)11-24-21(27)16-3-1-2-4-16)15-7-5-14(6-8-15)17-9-22-13-23-10-17/h5-10,13,16,18-20,25-26H,1-4,11-12H2,(H,24,27)/t18-,19+,20+/m0/s1. The maximum Gasteiger partial charge on any atom is 0.223 e. The minimum atomic E-state index is 0.0318. The highest BCUT2D eigenvalue weighted by atomic mass is 16.3. The highest BCUT2D eigenvalue weighted by Crippen LogP contribution is 2.33. The van der Waals surface area contributed by atoms with E-state index in [1.165, 1.54) is 11.9 Å². The molecule has 4 rings (SSSR count). The number of aliphatic hydroxyl groups is 1. The Kier molecular flexibility index (Phi) is 5.45. The number of hydrogen-bond acceptors (Lipinski definition) is 5. The zero-order valence-corrected chi connectivity index (χ0v) is 15.3. The molecule has 1 aliphatic carbocycles. The predicted molar refractivity (Wildman–Crippen MR) is 103 cm³/mol. The Balaban J connectivity index is 1.41. The van der Waals surface area contributed by atoms with E-state index in [-0.39, 0.29) is 36.4 Å². The molecule has 1 aliphatic heterocycles. The number of aromatic nitrogens is 2. The molecule has 3 N–H and O–H groups in total. The van der Waals surface area contributed by atoms with Crippen LogP contribution in [0.15, 0.2) is 43.0 Å². The van der Waals surface area contributed by atoms with Gasteiger partial charge in [-0.2, -0.15) is 0 Å². The van der Waals surface area contributed by atoms with Crippen LogP contribution in [0.4, 0.5) is 0 Å². The van der Waals surface area contributed by atoms with Gasteiger partial charge < -0.3 is 15.7 Å². The van der Waals surface area contributed by atoms with Crippen LogP contribution >= 0.6 is 0 Å². The first kappa shape index (κ1) is 18.1. The fourth-order valence-corrected chi connectivity index (χ4v) is 4.35. The van der Waals surface area contributed by atoms with Gasteiger partial charge in [0.2, 0.25) is 5.91 Å². The Labute approximate surface area is 159 Å². The monoisotopic (exact) mass is 366 g/mol. The van der Waals surface area contributed by atoms with Crippen LogP contribution in [0, 0.1) is 5.92 Å². The lowest BCUT2D eigenvalue weighted by Crippen LogP contribution is -2.64. The molecule has 1 amide bonds. The number of nitrogens with zero attached hydrogens (tertiary/aromatic N) is 2. The highest BCUT2D eigenvalue weighted by Gasteiger charge is 2.41. The van der Waals surface area contributed by atoms with Crippen molar-refractivity contribution in [3.05, 3.63) is 48.5 Å². The van der Waals surface area contributed by atoms with Crippen LogP contribution in [0.1, 0.15) is 37.2 Å². The van der Waals surface area contributed by atoms with Crippen LogP contribution < -0.4 is 10.6 Å². The van der Waals surface area contributed by atoms with Gasteiger partial charge in [0.15, 0.2) is 0 Å². The highest BCUT2D eigenvalue weighted by molar-refractivity contribution is 5.78. The topological polar surface area (TPSA) is 87.1 Å². The molecule has 1 aromatic heterocycles. The van der Waals surface area contributed by atoms with Crippen molar-refractivity contribution in [3.8, 4) is 11.1 Å². The summed E-state index contributed by atoms with van der Waals surface area (Å²) in [4.78, 5) is 20.4. The third-order valence-electron chi connectivity index (χ3n) is 5.90. The fourth-order valence-electron chi connectivity index (χ4n) is 4.35. The third kappa shape index (κ3) is 3.87. The molecule has 2 fully saturated rings. The van der Waals surface area contributed by atoms with E-state index in [4.69, 9.17) is 0 Å². The van der Waals surface area contributed by atoms with Gasteiger partial charge in [0, 0.05) is 48.4 Å². The van der Waals surface area contributed by atoms with Gasteiger partial charge in [-0.3, -0.25) is 4.79 Å². The van der Waals surface area contributed by atoms with Crippen molar-refractivity contribution in [3.63, 3.8) is 0 Å². The number of carbonyl (C=O) groups is 1. The Hall–Kier alpha value is -2.31. The number of aliphatic hydroxyl groups excluding tert-OH is 1. The first-order chi connectivity index (χ1) is 13.3. The summed E-state index contributed by atoms with van der Waals surface area (Å²) >= 11 is 0. The number of nitrogens with one attached hydrogen (secondary N) is 2. The van der Waals surface area contributed by atoms with E-state index in [0.29, 0.717) is 6.54 Å². The zero-order chi connectivity index (χ0) is 18.6. The lowest BCUT2D eigenvalue weighted by Gasteiger charge is -2.46. The molecule has 0 bridgehead atoms. The third-order valence-corrected chi connectivity index (χ3v) is 5.90. The largest absolute Gasteiger partial charge is 0.395 e. The van der Waals surface area contributed by atoms with Gasteiger partial charge >= 0.3 is 0 Å². The summed E-state index contributed by atoms with van der Waals surface area (Å²) in [6.45, 7) is 0.691. The van der Waals surface area contributed by atoms with Gasteiger partial charge in [-0.05, 0) is 24.0 Å². The van der Waals surface area contributed by atoms with Crippen molar-refractivity contribution >= 4 is 5.91 Å². The number of carbonyl (C=O) groups excluding carboxylic acids is 1. The average molecular weight is 366 g/mol. The van der Waals surface area contributed by atoms with Gasteiger partial charge in [0.25, 0.3) is 0 Å². The summed E-state index contributed by atoms with van der Waals surface area (Å²) in [5.41, 5.74) is 3.22. The van der Waals surface area contributed by atoms with Gasteiger partial charge in [-0.15, -0.1) is 0 Å². The van der Waals surface area contributed by atoms with Crippen molar-refractivity contribution in [1.82, 2.24) is 20.6 Å². The van der Waals surface area contributed by atoms with Crippen LogP contribution in [-0.4, -0.2) is 46.2 Å². The predicted octanol–water partition coefficient (Wildman–Crippen LogP) is 1.87. The van der Waals surface area contributed by atoms with Crippen molar-refractivity contribution < 1.29 is 9.90 Å². The Morgan fingerprint density at radius 3 is 2.44 bits per heavy atom. The molecular weight excluding hydrogens is 340 g/mol. The first-order valence-electron chi connectivity index (χ1n) is 9.76. The molecule has 1 saturated carbocycles. The minimum Gasteiger partial charge on any atom is -0.395 e. The number of rotatable bonds is 6.